The number of ether oxygens (including phenoxy) is 2. The number of benzene rings is 1. The molecule has 144 valence electrons. The van der Waals surface area contributed by atoms with Gasteiger partial charge in [-0.1, -0.05) is 0 Å². The van der Waals surface area contributed by atoms with Gasteiger partial charge in [-0.25, -0.2) is 14.2 Å². The second-order valence-corrected chi connectivity index (χ2v) is 6.49. The molecule has 1 aromatic heterocycles. The van der Waals surface area contributed by atoms with Gasteiger partial charge in [-0.3, -0.25) is 0 Å². The van der Waals surface area contributed by atoms with Gasteiger partial charge in [0.1, 0.15) is 17.3 Å². The maximum absolute atomic E-state index is 13.0. The molecule has 27 heavy (non-hydrogen) atoms. The molecule has 0 saturated carbocycles. The van der Waals surface area contributed by atoms with Gasteiger partial charge < -0.3 is 25.2 Å². The Morgan fingerprint density at radius 3 is 2.70 bits per heavy atom. The number of urea groups is 1. The lowest BCUT2D eigenvalue weighted by molar-refractivity contribution is -0.0136. The summed E-state index contributed by atoms with van der Waals surface area (Å²) in [7, 11) is 0. The average Bonchev–Trinajstić information content (AvgIpc) is 2.70. The predicted molar refractivity (Wildman–Crippen MR) is 97.3 cm³/mol. The van der Waals surface area contributed by atoms with Crippen molar-refractivity contribution in [3.63, 3.8) is 0 Å². The predicted octanol–water partition coefficient (Wildman–Crippen LogP) is 2.92. The normalized spacial score (nSPS) is 15.8. The van der Waals surface area contributed by atoms with Crippen molar-refractivity contribution in [3.05, 3.63) is 48.4 Å². The molecule has 0 aliphatic carbocycles. The van der Waals surface area contributed by atoms with Crippen LogP contribution in [0, 0.1) is 11.2 Å². The third-order valence-electron chi connectivity index (χ3n) is 4.56. The molecule has 2 aromatic rings. The Labute approximate surface area is 156 Å². The Kier molecular flexibility index (Phi) is 6.20. The molecule has 0 unspecified atom stereocenters. The van der Waals surface area contributed by atoms with Crippen molar-refractivity contribution in [2.24, 2.45) is 5.41 Å². The molecule has 1 aromatic carbocycles. The molecule has 0 spiro atoms. The van der Waals surface area contributed by atoms with Crippen LogP contribution in [0.25, 0.3) is 0 Å². The summed E-state index contributed by atoms with van der Waals surface area (Å²) >= 11 is 0. The Morgan fingerprint density at radius 1 is 1.26 bits per heavy atom. The minimum atomic E-state index is -0.425. The van der Waals surface area contributed by atoms with Gasteiger partial charge in [-0.15, -0.1) is 0 Å². The first kappa shape index (κ1) is 19.1. The summed E-state index contributed by atoms with van der Waals surface area (Å²) in [6.07, 6.45) is 2.91. The Balaban J connectivity index is 1.61. The number of carbonyl (C=O) groups is 1. The van der Waals surface area contributed by atoms with E-state index in [0.29, 0.717) is 44.0 Å². The Hall–Kier alpha value is -2.71. The van der Waals surface area contributed by atoms with Gasteiger partial charge in [-0.05, 0) is 49.2 Å². The van der Waals surface area contributed by atoms with Crippen molar-refractivity contribution < 1.29 is 23.8 Å². The van der Waals surface area contributed by atoms with Gasteiger partial charge in [0.2, 0.25) is 5.88 Å². The summed E-state index contributed by atoms with van der Waals surface area (Å²) in [5.74, 6) is 0.231. The minimum absolute atomic E-state index is 0.0114. The fraction of sp³-hybridized carbons (Fsp3) is 0.368. The molecule has 1 aliphatic heterocycles. The summed E-state index contributed by atoms with van der Waals surface area (Å²) in [5, 5.41) is 15.2. The maximum Gasteiger partial charge on any atom is 0.319 e. The van der Waals surface area contributed by atoms with Crippen molar-refractivity contribution in [3.8, 4) is 11.6 Å². The number of hydrogen-bond acceptors (Lipinski definition) is 5. The van der Waals surface area contributed by atoms with E-state index in [1.54, 1.807) is 12.1 Å². The molecular weight excluding hydrogens is 353 g/mol. The van der Waals surface area contributed by atoms with Crippen molar-refractivity contribution >= 4 is 11.7 Å². The van der Waals surface area contributed by atoms with Crippen LogP contribution in [0.4, 0.5) is 14.9 Å². The third-order valence-corrected chi connectivity index (χ3v) is 4.56. The van der Waals surface area contributed by atoms with Crippen LogP contribution in [0.15, 0.2) is 42.6 Å². The van der Waals surface area contributed by atoms with E-state index in [2.05, 4.69) is 15.6 Å². The highest BCUT2D eigenvalue weighted by atomic mass is 19.1. The van der Waals surface area contributed by atoms with Gasteiger partial charge in [0.25, 0.3) is 0 Å². The van der Waals surface area contributed by atoms with Crippen LogP contribution in [-0.4, -0.2) is 42.5 Å². The van der Waals surface area contributed by atoms with E-state index < -0.39 is 6.03 Å². The summed E-state index contributed by atoms with van der Waals surface area (Å²) in [4.78, 5) is 16.4. The third kappa shape index (κ3) is 5.15. The van der Waals surface area contributed by atoms with Crippen LogP contribution in [-0.2, 0) is 4.74 Å². The molecule has 0 atom stereocenters. The zero-order valence-electron chi connectivity index (χ0n) is 14.8. The summed E-state index contributed by atoms with van der Waals surface area (Å²) in [6.45, 7) is 1.47. The first-order valence-electron chi connectivity index (χ1n) is 8.72. The van der Waals surface area contributed by atoms with Crippen LogP contribution in [0.5, 0.6) is 11.6 Å². The standard InChI is InChI=1S/C19H22FN3O4/c20-14-3-5-15(6-4-14)27-17-16(2-1-9-21-17)23-18(25)22-12-19(13-24)7-10-26-11-8-19/h1-6,9,24H,7-8,10-13H2,(H2,22,23,25). The smallest absolute Gasteiger partial charge is 0.319 e. The van der Waals surface area contributed by atoms with E-state index in [-0.39, 0.29) is 23.7 Å². The largest absolute Gasteiger partial charge is 0.437 e. The topological polar surface area (TPSA) is 92.7 Å². The quantitative estimate of drug-likeness (QED) is 0.722. The number of aromatic nitrogens is 1. The molecular formula is C19H22FN3O4. The van der Waals surface area contributed by atoms with E-state index in [9.17, 15) is 14.3 Å². The fourth-order valence-corrected chi connectivity index (χ4v) is 2.81. The molecule has 2 heterocycles. The number of pyridine rings is 1. The molecule has 0 radical (unpaired) electrons. The SMILES string of the molecule is O=C(NCC1(CO)CCOCC1)Nc1cccnc1Oc1ccc(F)cc1. The molecule has 1 fully saturated rings. The lowest BCUT2D eigenvalue weighted by Gasteiger charge is -2.35. The molecule has 3 rings (SSSR count). The maximum atomic E-state index is 13.0. The van der Waals surface area contributed by atoms with Gasteiger partial charge >= 0.3 is 6.03 Å². The van der Waals surface area contributed by atoms with Crippen molar-refractivity contribution in [2.75, 3.05) is 31.7 Å². The minimum Gasteiger partial charge on any atom is -0.437 e. The van der Waals surface area contributed by atoms with E-state index in [1.165, 1.54) is 30.5 Å². The number of anilines is 1. The molecule has 1 aliphatic rings. The lowest BCUT2D eigenvalue weighted by Crippen LogP contribution is -2.44. The van der Waals surface area contributed by atoms with Crippen LogP contribution in [0.1, 0.15) is 12.8 Å². The number of aliphatic hydroxyl groups excluding tert-OH is 1. The number of aliphatic hydroxyl groups is 1. The zero-order chi connectivity index (χ0) is 19.1. The number of carbonyl (C=O) groups excluding carboxylic acids is 1. The van der Waals surface area contributed by atoms with Gasteiger partial charge in [0.05, 0.1) is 6.61 Å². The Bertz CT molecular complexity index is 764. The van der Waals surface area contributed by atoms with Gasteiger partial charge in [-0.2, -0.15) is 0 Å². The van der Waals surface area contributed by atoms with E-state index in [0.717, 1.165) is 0 Å². The number of nitrogens with zero attached hydrogens (tertiary/aromatic N) is 1. The number of hydrogen-bond donors (Lipinski definition) is 3. The lowest BCUT2D eigenvalue weighted by atomic mass is 9.81. The Morgan fingerprint density at radius 2 is 2.00 bits per heavy atom. The summed E-state index contributed by atoms with van der Waals surface area (Å²) < 4.78 is 24.0. The molecule has 7 nitrogen and oxygen atoms in total. The first-order valence-corrected chi connectivity index (χ1v) is 8.72. The highest BCUT2D eigenvalue weighted by molar-refractivity contribution is 5.90. The number of nitrogens with one attached hydrogen (secondary N) is 2. The van der Waals surface area contributed by atoms with E-state index >= 15 is 0 Å². The van der Waals surface area contributed by atoms with Crippen LogP contribution in [0.2, 0.25) is 0 Å². The highest BCUT2D eigenvalue weighted by Gasteiger charge is 2.32. The second-order valence-electron chi connectivity index (χ2n) is 6.49. The van der Waals surface area contributed by atoms with E-state index in [1.807, 2.05) is 0 Å². The number of halogens is 1. The molecule has 3 N–H and O–H groups in total. The van der Waals surface area contributed by atoms with Crippen LogP contribution >= 0.6 is 0 Å². The highest BCUT2D eigenvalue weighted by Crippen LogP contribution is 2.29. The van der Waals surface area contributed by atoms with E-state index in [4.69, 9.17) is 9.47 Å². The van der Waals surface area contributed by atoms with Crippen LogP contribution in [0.3, 0.4) is 0 Å². The van der Waals surface area contributed by atoms with Crippen molar-refractivity contribution in [2.45, 2.75) is 12.8 Å². The second kappa shape index (κ2) is 8.79. The number of rotatable bonds is 6. The fourth-order valence-electron chi connectivity index (χ4n) is 2.81. The monoisotopic (exact) mass is 375 g/mol. The zero-order valence-corrected chi connectivity index (χ0v) is 14.8. The molecule has 8 heteroatoms. The summed E-state index contributed by atoms with van der Waals surface area (Å²) in [6, 6.07) is 8.41. The van der Waals surface area contributed by atoms with Crippen molar-refractivity contribution in [1.82, 2.24) is 10.3 Å². The van der Waals surface area contributed by atoms with Gasteiger partial charge in [0.15, 0.2) is 0 Å². The first-order chi connectivity index (χ1) is 13.1. The average molecular weight is 375 g/mol. The summed E-state index contributed by atoms with van der Waals surface area (Å²) in [5.41, 5.74) is 0.0159. The molecule has 1 saturated heterocycles. The molecule has 2 amide bonds. The number of amides is 2. The van der Waals surface area contributed by atoms with Gasteiger partial charge in [0, 0.05) is 31.4 Å². The van der Waals surface area contributed by atoms with Crippen LogP contribution < -0.4 is 15.4 Å². The molecule has 0 bridgehead atoms. The van der Waals surface area contributed by atoms with Crippen molar-refractivity contribution in [1.29, 1.82) is 0 Å².